The van der Waals surface area contributed by atoms with Crippen LogP contribution in [0.3, 0.4) is 0 Å². The van der Waals surface area contributed by atoms with Crippen molar-refractivity contribution < 1.29 is 9.53 Å². The van der Waals surface area contributed by atoms with Crippen molar-refractivity contribution in [2.24, 2.45) is 11.8 Å². The van der Waals surface area contributed by atoms with E-state index in [-0.39, 0.29) is 11.7 Å². The topological polar surface area (TPSA) is 26.3 Å². The number of hydrogen-bond acceptors (Lipinski definition) is 2. The predicted molar refractivity (Wildman–Crippen MR) is 73.6 cm³/mol. The van der Waals surface area contributed by atoms with Crippen molar-refractivity contribution in [1.29, 1.82) is 0 Å². The quantitative estimate of drug-likeness (QED) is 0.757. The minimum absolute atomic E-state index is 0.0317. The van der Waals surface area contributed by atoms with Gasteiger partial charge in [0.25, 0.3) is 0 Å². The zero-order chi connectivity index (χ0) is 13.0. The van der Waals surface area contributed by atoms with Gasteiger partial charge in [0.1, 0.15) is 5.75 Å². The maximum atomic E-state index is 12.2. The van der Waals surface area contributed by atoms with Gasteiger partial charge in [0.05, 0.1) is 6.61 Å². The molecule has 0 fully saturated rings. The minimum Gasteiger partial charge on any atom is -0.494 e. The van der Waals surface area contributed by atoms with Gasteiger partial charge in [0.2, 0.25) is 0 Å². The van der Waals surface area contributed by atoms with Crippen molar-refractivity contribution in [2.75, 3.05) is 6.61 Å². The van der Waals surface area contributed by atoms with E-state index in [9.17, 15) is 4.79 Å². The highest BCUT2D eigenvalue weighted by Gasteiger charge is 2.20. The van der Waals surface area contributed by atoms with Crippen LogP contribution in [0.15, 0.2) is 22.7 Å². The summed E-state index contributed by atoms with van der Waals surface area (Å²) in [5.41, 5.74) is 0.731. The first-order valence-electron chi connectivity index (χ1n) is 5.94. The molecule has 1 unspecified atom stereocenters. The number of halogens is 1. The lowest BCUT2D eigenvalue weighted by atomic mass is 9.90. The lowest BCUT2D eigenvalue weighted by Gasteiger charge is -2.15. The number of rotatable bonds is 5. The van der Waals surface area contributed by atoms with E-state index in [1.807, 2.05) is 32.0 Å². The average molecular weight is 299 g/mol. The summed E-state index contributed by atoms with van der Waals surface area (Å²) >= 11 is 3.43. The molecule has 0 saturated heterocycles. The van der Waals surface area contributed by atoms with Crippen molar-refractivity contribution >= 4 is 21.7 Å². The Morgan fingerprint density at radius 3 is 2.47 bits per heavy atom. The van der Waals surface area contributed by atoms with Crippen LogP contribution in [0.1, 0.15) is 38.1 Å². The van der Waals surface area contributed by atoms with Crippen LogP contribution in [0.4, 0.5) is 0 Å². The number of ketones is 1. The molecule has 0 aliphatic carbocycles. The van der Waals surface area contributed by atoms with Crippen LogP contribution in [-0.2, 0) is 0 Å². The summed E-state index contributed by atoms with van der Waals surface area (Å²) in [7, 11) is 0. The van der Waals surface area contributed by atoms with Crippen molar-refractivity contribution in [2.45, 2.75) is 27.7 Å². The maximum absolute atomic E-state index is 12.2. The number of hydrogen-bond donors (Lipinski definition) is 0. The summed E-state index contributed by atoms with van der Waals surface area (Å²) < 4.78 is 6.19. The average Bonchev–Trinajstić information content (AvgIpc) is 2.27. The second-order valence-electron chi connectivity index (χ2n) is 4.47. The Balaban J connectivity index is 2.96. The van der Waals surface area contributed by atoms with E-state index in [4.69, 9.17) is 4.74 Å². The first-order chi connectivity index (χ1) is 7.97. The summed E-state index contributed by atoms with van der Waals surface area (Å²) in [5.74, 6) is 1.34. The third-order valence-electron chi connectivity index (χ3n) is 2.93. The van der Waals surface area contributed by atoms with Crippen LogP contribution < -0.4 is 4.74 Å². The van der Waals surface area contributed by atoms with E-state index in [1.165, 1.54) is 0 Å². The van der Waals surface area contributed by atoms with Crippen molar-refractivity contribution in [1.82, 2.24) is 0 Å². The molecule has 0 radical (unpaired) electrons. The molecular weight excluding hydrogens is 280 g/mol. The lowest BCUT2D eigenvalue weighted by molar-refractivity contribution is 0.0899. The first-order valence-corrected chi connectivity index (χ1v) is 6.73. The summed E-state index contributed by atoms with van der Waals surface area (Å²) in [6, 6.07) is 5.52. The van der Waals surface area contributed by atoms with E-state index < -0.39 is 0 Å². The van der Waals surface area contributed by atoms with Gasteiger partial charge in [-0.3, -0.25) is 4.79 Å². The van der Waals surface area contributed by atoms with Crippen molar-refractivity contribution in [3.8, 4) is 5.75 Å². The largest absolute Gasteiger partial charge is 0.494 e. The Bertz CT molecular complexity index is 399. The van der Waals surface area contributed by atoms with Crippen molar-refractivity contribution in [3.63, 3.8) is 0 Å². The normalized spacial score (nSPS) is 12.6. The molecule has 94 valence electrons. The Labute approximate surface area is 111 Å². The molecule has 0 aliphatic heterocycles. The van der Waals surface area contributed by atoms with Gasteiger partial charge in [-0.05, 0) is 47.0 Å². The molecule has 1 aromatic rings. The van der Waals surface area contributed by atoms with E-state index in [1.54, 1.807) is 0 Å². The minimum atomic E-state index is 0.0317. The first kappa shape index (κ1) is 14.2. The predicted octanol–water partition coefficient (Wildman–Crippen LogP) is 4.32. The third kappa shape index (κ3) is 3.56. The molecule has 1 aromatic carbocycles. The monoisotopic (exact) mass is 298 g/mol. The molecule has 0 aromatic heterocycles. The lowest BCUT2D eigenvalue weighted by Crippen LogP contribution is -2.17. The maximum Gasteiger partial charge on any atom is 0.167 e. The summed E-state index contributed by atoms with van der Waals surface area (Å²) in [6.45, 7) is 8.65. The summed E-state index contributed by atoms with van der Waals surface area (Å²) in [6.07, 6.45) is 0. The molecule has 0 amide bonds. The third-order valence-corrected chi connectivity index (χ3v) is 3.59. The Morgan fingerprint density at radius 2 is 2.00 bits per heavy atom. The number of carbonyl (C=O) groups is 1. The highest BCUT2D eigenvalue weighted by atomic mass is 79.9. The molecule has 0 saturated carbocycles. The fourth-order valence-corrected chi connectivity index (χ4v) is 2.05. The van der Waals surface area contributed by atoms with Gasteiger partial charge in [-0.2, -0.15) is 0 Å². The molecule has 0 spiro atoms. The molecule has 0 aliphatic rings. The van der Waals surface area contributed by atoms with E-state index in [0.717, 1.165) is 15.8 Å². The number of benzene rings is 1. The molecule has 1 rings (SSSR count). The van der Waals surface area contributed by atoms with Crippen LogP contribution in [0.25, 0.3) is 0 Å². The van der Waals surface area contributed by atoms with Gasteiger partial charge in [-0.1, -0.05) is 20.8 Å². The standard InChI is InChI=1S/C14H19BrO2/c1-5-17-11-6-7-12(13(15)8-11)14(16)10(4)9(2)3/h6-10H,5H2,1-4H3. The fourth-order valence-electron chi connectivity index (χ4n) is 1.50. The Morgan fingerprint density at radius 1 is 1.35 bits per heavy atom. The van der Waals surface area contributed by atoms with Gasteiger partial charge in [-0.25, -0.2) is 0 Å². The molecular formula is C14H19BrO2. The second-order valence-corrected chi connectivity index (χ2v) is 5.33. The van der Waals surface area contributed by atoms with Crippen LogP contribution in [-0.4, -0.2) is 12.4 Å². The molecule has 3 heteroatoms. The Kier molecular flexibility index (Phi) is 5.19. The van der Waals surface area contributed by atoms with Crippen LogP contribution in [0.2, 0.25) is 0 Å². The van der Waals surface area contributed by atoms with Gasteiger partial charge >= 0.3 is 0 Å². The Hall–Kier alpha value is -0.830. The molecule has 2 nitrogen and oxygen atoms in total. The fraction of sp³-hybridized carbons (Fsp3) is 0.500. The number of Topliss-reactive ketones (excluding diaryl/α,β-unsaturated/α-hetero) is 1. The molecule has 0 bridgehead atoms. The van der Waals surface area contributed by atoms with E-state index >= 15 is 0 Å². The van der Waals surface area contributed by atoms with Crippen LogP contribution in [0, 0.1) is 11.8 Å². The van der Waals surface area contributed by atoms with E-state index in [2.05, 4.69) is 29.8 Å². The number of ether oxygens (including phenoxy) is 1. The summed E-state index contributed by atoms with van der Waals surface area (Å²) in [5, 5.41) is 0. The zero-order valence-electron chi connectivity index (χ0n) is 10.8. The highest BCUT2D eigenvalue weighted by molar-refractivity contribution is 9.10. The summed E-state index contributed by atoms with van der Waals surface area (Å²) in [4.78, 5) is 12.2. The van der Waals surface area contributed by atoms with Gasteiger partial charge in [0.15, 0.2) is 5.78 Å². The van der Waals surface area contributed by atoms with Crippen LogP contribution in [0.5, 0.6) is 5.75 Å². The second kappa shape index (κ2) is 6.20. The molecule has 0 N–H and O–H groups in total. The van der Waals surface area contributed by atoms with Gasteiger partial charge in [0, 0.05) is 16.0 Å². The van der Waals surface area contributed by atoms with Gasteiger partial charge in [-0.15, -0.1) is 0 Å². The van der Waals surface area contributed by atoms with Crippen LogP contribution >= 0.6 is 15.9 Å². The van der Waals surface area contributed by atoms with Gasteiger partial charge < -0.3 is 4.74 Å². The number of carbonyl (C=O) groups excluding carboxylic acids is 1. The molecule has 0 heterocycles. The molecule has 17 heavy (non-hydrogen) atoms. The smallest absolute Gasteiger partial charge is 0.167 e. The highest BCUT2D eigenvalue weighted by Crippen LogP contribution is 2.27. The van der Waals surface area contributed by atoms with E-state index in [0.29, 0.717) is 12.5 Å². The molecule has 1 atom stereocenters. The SMILES string of the molecule is CCOc1ccc(C(=O)C(C)C(C)C)c(Br)c1. The van der Waals surface area contributed by atoms with Crippen molar-refractivity contribution in [3.05, 3.63) is 28.2 Å². The zero-order valence-corrected chi connectivity index (χ0v) is 12.4.